The number of hydrogen-bond donors (Lipinski definition) is 0. The summed E-state index contributed by atoms with van der Waals surface area (Å²) in [5.41, 5.74) is 1.50. The van der Waals surface area contributed by atoms with Gasteiger partial charge in [-0.2, -0.15) is 10.1 Å². The Hall–Kier alpha value is -2.22. The molecule has 4 heterocycles. The topological polar surface area (TPSA) is 86.3 Å². The SMILES string of the molecule is Cc1nn(C)cc1C(=O)N1CCCC(CCc2noc(C3CCOCC3)n2)C1. The molecule has 1 amide bonds. The summed E-state index contributed by atoms with van der Waals surface area (Å²) >= 11 is 0. The highest BCUT2D eigenvalue weighted by Crippen LogP contribution is 2.26. The van der Waals surface area contributed by atoms with Crippen LogP contribution in [0.25, 0.3) is 0 Å². The maximum Gasteiger partial charge on any atom is 0.257 e. The van der Waals surface area contributed by atoms with Crippen LogP contribution in [0.1, 0.15) is 65.8 Å². The van der Waals surface area contributed by atoms with Gasteiger partial charge in [0.1, 0.15) is 0 Å². The third-order valence-corrected chi connectivity index (χ3v) is 5.88. The first-order valence-corrected chi connectivity index (χ1v) is 10.3. The number of rotatable bonds is 5. The quantitative estimate of drug-likeness (QED) is 0.783. The Kier molecular flexibility index (Phi) is 5.75. The van der Waals surface area contributed by atoms with Crippen molar-refractivity contribution in [2.45, 2.75) is 51.4 Å². The van der Waals surface area contributed by atoms with Crippen LogP contribution in [0.2, 0.25) is 0 Å². The summed E-state index contributed by atoms with van der Waals surface area (Å²) in [7, 11) is 1.85. The Morgan fingerprint density at radius 3 is 2.86 bits per heavy atom. The monoisotopic (exact) mass is 387 g/mol. The van der Waals surface area contributed by atoms with Gasteiger partial charge in [0, 0.05) is 51.9 Å². The molecule has 0 bridgehead atoms. The molecule has 28 heavy (non-hydrogen) atoms. The molecule has 0 N–H and O–H groups in total. The highest BCUT2D eigenvalue weighted by Gasteiger charge is 2.27. The van der Waals surface area contributed by atoms with E-state index in [9.17, 15) is 4.79 Å². The van der Waals surface area contributed by atoms with Crippen molar-refractivity contribution in [3.8, 4) is 0 Å². The number of hydrogen-bond acceptors (Lipinski definition) is 6. The van der Waals surface area contributed by atoms with Crippen molar-refractivity contribution < 1.29 is 14.1 Å². The Balaban J connectivity index is 1.31. The summed E-state index contributed by atoms with van der Waals surface area (Å²) < 4.78 is 12.6. The Labute approximate surface area is 165 Å². The number of aryl methyl sites for hydroxylation is 3. The largest absolute Gasteiger partial charge is 0.381 e. The van der Waals surface area contributed by atoms with Crippen LogP contribution in [0.3, 0.4) is 0 Å². The molecule has 2 aromatic heterocycles. The van der Waals surface area contributed by atoms with E-state index in [1.807, 2.05) is 25.1 Å². The van der Waals surface area contributed by atoms with E-state index in [2.05, 4.69) is 15.2 Å². The van der Waals surface area contributed by atoms with E-state index in [1.165, 1.54) is 0 Å². The lowest BCUT2D eigenvalue weighted by molar-refractivity contribution is 0.0667. The second-order valence-corrected chi connectivity index (χ2v) is 8.04. The van der Waals surface area contributed by atoms with Crippen LogP contribution in [0.5, 0.6) is 0 Å². The molecule has 8 heteroatoms. The summed E-state index contributed by atoms with van der Waals surface area (Å²) in [6, 6.07) is 0. The van der Waals surface area contributed by atoms with Crippen molar-refractivity contribution in [3.63, 3.8) is 0 Å². The van der Waals surface area contributed by atoms with Crippen LogP contribution in [-0.4, -0.2) is 57.0 Å². The number of amides is 1. The first-order chi connectivity index (χ1) is 13.6. The minimum atomic E-state index is 0.0941. The molecule has 1 unspecified atom stereocenters. The maximum atomic E-state index is 12.9. The van der Waals surface area contributed by atoms with E-state index in [-0.39, 0.29) is 5.91 Å². The Morgan fingerprint density at radius 1 is 1.29 bits per heavy atom. The second-order valence-electron chi connectivity index (χ2n) is 8.04. The fourth-order valence-electron chi connectivity index (χ4n) is 4.28. The lowest BCUT2D eigenvalue weighted by Gasteiger charge is -2.32. The first kappa shape index (κ1) is 19.1. The van der Waals surface area contributed by atoms with Gasteiger partial charge < -0.3 is 14.2 Å². The van der Waals surface area contributed by atoms with E-state index >= 15 is 0 Å². The number of carbonyl (C=O) groups is 1. The lowest BCUT2D eigenvalue weighted by Crippen LogP contribution is -2.40. The third kappa shape index (κ3) is 4.27. The van der Waals surface area contributed by atoms with Gasteiger partial charge >= 0.3 is 0 Å². The van der Waals surface area contributed by atoms with Crippen LogP contribution in [0, 0.1) is 12.8 Å². The fourth-order valence-corrected chi connectivity index (χ4v) is 4.28. The molecular weight excluding hydrogens is 358 g/mol. The highest BCUT2D eigenvalue weighted by molar-refractivity contribution is 5.95. The average Bonchev–Trinajstić information content (AvgIpc) is 3.33. The minimum Gasteiger partial charge on any atom is -0.381 e. The van der Waals surface area contributed by atoms with Gasteiger partial charge in [-0.3, -0.25) is 9.48 Å². The van der Waals surface area contributed by atoms with Crippen molar-refractivity contribution in [1.82, 2.24) is 24.8 Å². The van der Waals surface area contributed by atoms with Gasteiger partial charge in [-0.1, -0.05) is 5.16 Å². The van der Waals surface area contributed by atoms with E-state index in [0.717, 1.165) is 82.2 Å². The lowest BCUT2D eigenvalue weighted by atomic mass is 9.93. The molecule has 1 atom stereocenters. The molecule has 0 saturated carbocycles. The molecular formula is C20H29N5O3. The van der Waals surface area contributed by atoms with Crippen LogP contribution in [0.15, 0.2) is 10.7 Å². The molecule has 152 valence electrons. The molecule has 2 aromatic rings. The van der Waals surface area contributed by atoms with Crippen molar-refractivity contribution in [3.05, 3.63) is 29.2 Å². The Bertz CT molecular complexity index is 809. The predicted molar refractivity (Wildman–Crippen MR) is 102 cm³/mol. The average molecular weight is 387 g/mol. The van der Waals surface area contributed by atoms with E-state index < -0.39 is 0 Å². The van der Waals surface area contributed by atoms with Gasteiger partial charge in [-0.05, 0) is 44.9 Å². The number of ether oxygens (including phenoxy) is 1. The van der Waals surface area contributed by atoms with E-state index in [1.54, 1.807) is 4.68 Å². The standard InChI is InChI=1S/C20H29N5O3/c1-14-17(13-24(2)22-14)20(26)25-9-3-4-15(12-25)5-6-18-21-19(28-23-18)16-7-10-27-11-8-16/h13,15-16H,3-12H2,1-2H3. The molecule has 0 aromatic carbocycles. The number of aromatic nitrogens is 4. The second kappa shape index (κ2) is 8.43. The van der Waals surface area contributed by atoms with Crippen LogP contribution >= 0.6 is 0 Å². The molecule has 2 aliphatic heterocycles. The number of piperidine rings is 1. The summed E-state index contributed by atoms with van der Waals surface area (Å²) in [6.07, 6.45) is 7.67. The molecule has 8 nitrogen and oxygen atoms in total. The molecule has 4 rings (SSSR count). The van der Waals surface area contributed by atoms with Crippen molar-refractivity contribution in [2.75, 3.05) is 26.3 Å². The minimum absolute atomic E-state index is 0.0941. The fraction of sp³-hybridized carbons (Fsp3) is 0.700. The molecule has 2 saturated heterocycles. The smallest absolute Gasteiger partial charge is 0.257 e. The van der Waals surface area contributed by atoms with Crippen LogP contribution in [-0.2, 0) is 18.2 Å². The molecule has 2 aliphatic rings. The molecule has 2 fully saturated rings. The number of likely N-dealkylation sites (tertiary alicyclic amines) is 1. The highest BCUT2D eigenvalue weighted by atomic mass is 16.5. The summed E-state index contributed by atoms with van der Waals surface area (Å²) in [5, 5.41) is 8.47. The molecule has 0 aliphatic carbocycles. The summed E-state index contributed by atoms with van der Waals surface area (Å²) in [4.78, 5) is 19.4. The zero-order valence-electron chi connectivity index (χ0n) is 16.8. The predicted octanol–water partition coefficient (Wildman–Crippen LogP) is 2.49. The number of carbonyl (C=O) groups excluding carboxylic acids is 1. The normalized spacial score (nSPS) is 21.2. The van der Waals surface area contributed by atoms with Gasteiger partial charge in [-0.25, -0.2) is 0 Å². The maximum absolute atomic E-state index is 12.9. The van der Waals surface area contributed by atoms with Crippen molar-refractivity contribution in [1.29, 1.82) is 0 Å². The number of nitrogens with zero attached hydrogens (tertiary/aromatic N) is 5. The first-order valence-electron chi connectivity index (χ1n) is 10.3. The van der Waals surface area contributed by atoms with E-state index in [4.69, 9.17) is 9.26 Å². The van der Waals surface area contributed by atoms with Crippen molar-refractivity contribution >= 4 is 5.91 Å². The summed E-state index contributed by atoms with van der Waals surface area (Å²) in [5.74, 6) is 2.44. The van der Waals surface area contributed by atoms with Gasteiger partial charge in [-0.15, -0.1) is 0 Å². The van der Waals surface area contributed by atoms with Gasteiger partial charge in [0.2, 0.25) is 5.89 Å². The van der Waals surface area contributed by atoms with Crippen LogP contribution in [0.4, 0.5) is 0 Å². The van der Waals surface area contributed by atoms with Gasteiger partial charge in [0.25, 0.3) is 5.91 Å². The van der Waals surface area contributed by atoms with Gasteiger partial charge in [0.15, 0.2) is 5.82 Å². The van der Waals surface area contributed by atoms with Crippen molar-refractivity contribution in [2.24, 2.45) is 13.0 Å². The Morgan fingerprint density at radius 2 is 2.11 bits per heavy atom. The van der Waals surface area contributed by atoms with Crippen LogP contribution < -0.4 is 0 Å². The zero-order chi connectivity index (χ0) is 19.5. The summed E-state index contributed by atoms with van der Waals surface area (Å²) in [6.45, 7) is 5.04. The molecule has 0 radical (unpaired) electrons. The third-order valence-electron chi connectivity index (χ3n) is 5.88. The van der Waals surface area contributed by atoms with Gasteiger partial charge in [0.05, 0.1) is 11.3 Å². The van der Waals surface area contributed by atoms with E-state index in [0.29, 0.717) is 17.4 Å². The zero-order valence-corrected chi connectivity index (χ0v) is 16.8. The molecule has 0 spiro atoms.